The lowest BCUT2D eigenvalue weighted by Gasteiger charge is -2.10. The van der Waals surface area contributed by atoms with E-state index in [1.165, 1.54) is 12.1 Å². The van der Waals surface area contributed by atoms with E-state index in [4.69, 9.17) is 9.15 Å². The third-order valence-electron chi connectivity index (χ3n) is 4.37. The Labute approximate surface area is 154 Å². The van der Waals surface area contributed by atoms with Gasteiger partial charge in [-0.15, -0.1) is 0 Å². The summed E-state index contributed by atoms with van der Waals surface area (Å²) in [6.07, 6.45) is -0.157. The first-order valence-corrected chi connectivity index (χ1v) is 8.27. The van der Waals surface area contributed by atoms with Gasteiger partial charge in [0.2, 0.25) is 11.7 Å². The molecule has 1 aromatic heterocycles. The zero-order chi connectivity index (χ0) is 19.6. The van der Waals surface area contributed by atoms with Gasteiger partial charge in [0.1, 0.15) is 5.75 Å². The van der Waals surface area contributed by atoms with Crippen LogP contribution in [0.4, 0.5) is 0 Å². The van der Waals surface area contributed by atoms with Gasteiger partial charge in [0.25, 0.3) is 0 Å². The summed E-state index contributed by atoms with van der Waals surface area (Å²) in [6.45, 7) is 1.96. The van der Waals surface area contributed by atoms with Crippen LogP contribution in [0, 0.1) is 6.92 Å². The van der Waals surface area contributed by atoms with Crippen molar-refractivity contribution in [2.75, 3.05) is 7.11 Å². The summed E-state index contributed by atoms with van der Waals surface area (Å²) in [7, 11) is 1.57. The molecule has 3 rings (SSSR count). The molecule has 140 valence electrons. The molecule has 0 atom stereocenters. The summed E-state index contributed by atoms with van der Waals surface area (Å²) in [5, 5.41) is 22.6. The van der Waals surface area contributed by atoms with Crippen molar-refractivity contribution in [2.45, 2.75) is 19.9 Å². The van der Waals surface area contributed by atoms with E-state index in [1.54, 1.807) is 14.0 Å². The number of hydrogen-bond donors (Lipinski definition) is 3. The molecule has 3 N–H and O–H groups in total. The fraction of sp³-hybridized carbons (Fsp3) is 0.200. The number of amides is 1. The summed E-state index contributed by atoms with van der Waals surface area (Å²) in [5.41, 5.74) is 0.768. The monoisotopic (exact) mass is 369 g/mol. The molecule has 0 aliphatic heterocycles. The van der Waals surface area contributed by atoms with Gasteiger partial charge in [-0.05, 0) is 42.3 Å². The predicted molar refractivity (Wildman–Crippen MR) is 99.1 cm³/mol. The van der Waals surface area contributed by atoms with Crippen LogP contribution in [0.1, 0.15) is 16.7 Å². The van der Waals surface area contributed by atoms with Gasteiger partial charge in [-0.25, -0.2) is 4.79 Å². The molecule has 7 heteroatoms. The van der Waals surface area contributed by atoms with E-state index in [0.29, 0.717) is 23.2 Å². The Morgan fingerprint density at radius 2 is 2.00 bits per heavy atom. The number of ether oxygens (including phenoxy) is 1. The van der Waals surface area contributed by atoms with Crippen LogP contribution in [0.15, 0.2) is 45.6 Å². The number of aromatic hydroxyl groups is 2. The van der Waals surface area contributed by atoms with Gasteiger partial charge in [-0.2, -0.15) is 0 Å². The first-order chi connectivity index (χ1) is 12.9. The highest BCUT2D eigenvalue weighted by Gasteiger charge is 2.18. The van der Waals surface area contributed by atoms with E-state index < -0.39 is 11.4 Å². The van der Waals surface area contributed by atoms with Crippen LogP contribution in [0.5, 0.6) is 17.2 Å². The summed E-state index contributed by atoms with van der Waals surface area (Å²) in [6, 6.07) is 10.1. The van der Waals surface area contributed by atoms with Crippen LogP contribution in [0.3, 0.4) is 0 Å². The maximum absolute atomic E-state index is 12.3. The molecule has 0 fully saturated rings. The highest BCUT2D eigenvalue weighted by molar-refractivity contribution is 5.89. The van der Waals surface area contributed by atoms with Gasteiger partial charge in [-0.3, -0.25) is 4.79 Å². The maximum Gasteiger partial charge on any atom is 0.340 e. The third kappa shape index (κ3) is 3.72. The first-order valence-electron chi connectivity index (χ1n) is 8.27. The lowest BCUT2D eigenvalue weighted by atomic mass is 10.0. The largest absolute Gasteiger partial charge is 0.504 e. The van der Waals surface area contributed by atoms with E-state index in [9.17, 15) is 19.8 Å². The van der Waals surface area contributed by atoms with Crippen molar-refractivity contribution < 1.29 is 24.2 Å². The Morgan fingerprint density at radius 3 is 2.74 bits per heavy atom. The highest BCUT2D eigenvalue weighted by Crippen LogP contribution is 2.34. The molecule has 7 nitrogen and oxygen atoms in total. The Morgan fingerprint density at radius 1 is 1.22 bits per heavy atom. The number of hydrogen-bond acceptors (Lipinski definition) is 6. The number of carbonyl (C=O) groups is 1. The molecule has 27 heavy (non-hydrogen) atoms. The number of carbonyl (C=O) groups excluding carboxylic acids is 1. The lowest BCUT2D eigenvalue weighted by Crippen LogP contribution is -2.27. The Hall–Kier alpha value is -3.48. The van der Waals surface area contributed by atoms with Crippen molar-refractivity contribution in [1.29, 1.82) is 0 Å². The quantitative estimate of drug-likeness (QED) is 0.471. The molecular formula is C20H19NO6. The SMILES string of the molecule is COc1cccc(CNC(=O)Cc2c(C)c3ccc(O)c(O)c3oc2=O)c1. The average molecular weight is 369 g/mol. The average Bonchev–Trinajstić information content (AvgIpc) is 2.67. The number of fused-ring (bicyclic) bond motifs is 1. The number of methoxy groups -OCH3 is 1. The molecule has 0 radical (unpaired) electrons. The molecule has 3 aromatic rings. The number of phenolic OH excluding ortho intramolecular Hbond substituents is 2. The molecule has 0 aliphatic carbocycles. The second-order valence-corrected chi connectivity index (χ2v) is 6.11. The van der Waals surface area contributed by atoms with Crippen LogP contribution in [-0.2, 0) is 17.8 Å². The minimum absolute atomic E-state index is 0.0990. The Kier molecular flexibility index (Phi) is 5.03. The lowest BCUT2D eigenvalue weighted by molar-refractivity contribution is -0.120. The Bertz CT molecular complexity index is 1070. The maximum atomic E-state index is 12.3. The standard InChI is InChI=1S/C20H19NO6/c1-11-14-6-7-16(22)18(24)19(14)27-20(25)15(11)9-17(23)21-10-12-4-3-5-13(8-12)26-2/h3-8,22,24H,9-10H2,1-2H3,(H,21,23). The topological polar surface area (TPSA) is 109 Å². The van der Waals surface area contributed by atoms with Crippen molar-refractivity contribution in [1.82, 2.24) is 5.32 Å². The van der Waals surface area contributed by atoms with Crippen LogP contribution in [0.2, 0.25) is 0 Å². The van der Waals surface area contributed by atoms with E-state index in [0.717, 1.165) is 5.56 Å². The van der Waals surface area contributed by atoms with Crippen molar-refractivity contribution in [3.63, 3.8) is 0 Å². The van der Waals surface area contributed by atoms with Crippen LogP contribution >= 0.6 is 0 Å². The van der Waals surface area contributed by atoms with E-state index >= 15 is 0 Å². The van der Waals surface area contributed by atoms with Crippen molar-refractivity contribution in [2.24, 2.45) is 0 Å². The van der Waals surface area contributed by atoms with E-state index in [1.807, 2.05) is 24.3 Å². The molecular weight excluding hydrogens is 350 g/mol. The summed E-state index contributed by atoms with van der Waals surface area (Å²) < 4.78 is 10.3. The van der Waals surface area contributed by atoms with Gasteiger partial charge in [0.05, 0.1) is 19.1 Å². The fourth-order valence-corrected chi connectivity index (χ4v) is 2.84. The zero-order valence-electron chi connectivity index (χ0n) is 14.9. The van der Waals surface area contributed by atoms with Gasteiger partial charge >= 0.3 is 5.63 Å². The molecule has 1 amide bonds. The smallest absolute Gasteiger partial charge is 0.340 e. The zero-order valence-corrected chi connectivity index (χ0v) is 14.9. The first kappa shape index (κ1) is 18.3. The van der Waals surface area contributed by atoms with Gasteiger partial charge < -0.3 is 24.7 Å². The number of phenols is 2. The van der Waals surface area contributed by atoms with Crippen LogP contribution in [0.25, 0.3) is 11.0 Å². The molecule has 0 spiro atoms. The number of aryl methyl sites for hydroxylation is 1. The summed E-state index contributed by atoms with van der Waals surface area (Å²) in [5.74, 6) is -0.526. The molecule has 2 aromatic carbocycles. The van der Waals surface area contributed by atoms with E-state index in [-0.39, 0.29) is 29.2 Å². The number of nitrogens with one attached hydrogen (secondary N) is 1. The molecule has 0 saturated heterocycles. The van der Waals surface area contributed by atoms with Crippen LogP contribution in [-0.4, -0.2) is 23.2 Å². The van der Waals surface area contributed by atoms with E-state index in [2.05, 4.69) is 5.32 Å². The molecule has 0 aliphatic rings. The second-order valence-electron chi connectivity index (χ2n) is 6.11. The normalized spacial score (nSPS) is 10.7. The summed E-state index contributed by atoms with van der Waals surface area (Å²) in [4.78, 5) is 24.5. The van der Waals surface area contributed by atoms with Gasteiger partial charge in [0, 0.05) is 11.9 Å². The molecule has 0 saturated carbocycles. The van der Waals surface area contributed by atoms with Crippen LogP contribution < -0.4 is 15.7 Å². The highest BCUT2D eigenvalue weighted by atomic mass is 16.5. The minimum atomic E-state index is -0.725. The fourth-order valence-electron chi connectivity index (χ4n) is 2.84. The van der Waals surface area contributed by atoms with Gasteiger partial charge in [0.15, 0.2) is 11.3 Å². The van der Waals surface area contributed by atoms with Crippen molar-refractivity contribution >= 4 is 16.9 Å². The number of rotatable bonds is 5. The molecule has 0 bridgehead atoms. The molecule has 0 unspecified atom stereocenters. The molecule has 1 heterocycles. The second kappa shape index (κ2) is 7.41. The van der Waals surface area contributed by atoms with Gasteiger partial charge in [-0.1, -0.05) is 12.1 Å². The van der Waals surface area contributed by atoms with Crippen molar-refractivity contribution in [3.8, 4) is 17.2 Å². The number of benzene rings is 2. The predicted octanol–water partition coefficient (Wildman–Crippen LogP) is 2.38. The van der Waals surface area contributed by atoms with Crippen molar-refractivity contribution in [3.05, 3.63) is 63.5 Å². The third-order valence-corrected chi connectivity index (χ3v) is 4.37. The Balaban J connectivity index is 1.80. The summed E-state index contributed by atoms with van der Waals surface area (Å²) >= 11 is 0. The minimum Gasteiger partial charge on any atom is -0.504 e.